The number of hydrogen-bond acceptors (Lipinski definition) is 3. The number of halogens is 2. The van der Waals surface area contributed by atoms with Gasteiger partial charge in [0.1, 0.15) is 5.15 Å². The van der Waals surface area contributed by atoms with Crippen LogP contribution in [0.5, 0.6) is 0 Å². The zero-order valence-corrected chi connectivity index (χ0v) is 9.79. The van der Waals surface area contributed by atoms with Gasteiger partial charge in [0.05, 0.1) is 5.69 Å². The van der Waals surface area contributed by atoms with E-state index in [4.69, 9.17) is 28.3 Å². The highest BCUT2D eigenvalue weighted by Crippen LogP contribution is 2.22. The summed E-state index contributed by atoms with van der Waals surface area (Å²) in [4.78, 5) is 20.1. The van der Waals surface area contributed by atoms with Crippen LogP contribution in [0.2, 0.25) is 10.4 Å². The van der Waals surface area contributed by atoms with Gasteiger partial charge in [0.2, 0.25) is 5.28 Å². The fourth-order valence-corrected chi connectivity index (χ4v) is 2.23. The van der Waals surface area contributed by atoms with Gasteiger partial charge in [-0.25, -0.2) is 14.8 Å². The summed E-state index contributed by atoms with van der Waals surface area (Å²) in [7, 11) is 0. The minimum Gasteiger partial charge on any atom is -0.465 e. The summed E-state index contributed by atoms with van der Waals surface area (Å²) >= 11 is 11.6. The molecule has 0 unspecified atom stereocenters. The molecule has 2 rings (SSSR count). The highest BCUT2D eigenvalue weighted by molar-refractivity contribution is 6.32. The second-order valence-corrected chi connectivity index (χ2v) is 4.17. The molecule has 1 aliphatic heterocycles. The zero-order chi connectivity index (χ0) is 11.7. The maximum atomic E-state index is 10.8. The van der Waals surface area contributed by atoms with E-state index in [-0.39, 0.29) is 5.28 Å². The van der Waals surface area contributed by atoms with Crippen LogP contribution in [0.3, 0.4) is 0 Å². The van der Waals surface area contributed by atoms with Crippen molar-refractivity contribution in [3.05, 3.63) is 21.7 Å². The Morgan fingerprint density at radius 2 is 1.94 bits per heavy atom. The molecule has 1 N–H and O–H groups in total. The Hall–Kier alpha value is -1.07. The molecule has 1 aromatic rings. The van der Waals surface area contributed by atoms with Crippen LogP contribution in [-0.4, -0.2) is 39.2 Å². The number of aromatic nitrogens is 2. The van der Waals surface area contributed by atoms with Gasteiger partial charge in [-0.05, 0) is 18.0 Å². The average molecular weight is 262 g/mol. The van der Waals surface area contributed by atoms with E-state index < -0.39 is 6.09 Å². The summed E-state index contributed by atoms with van der Waals surface area (Å²) in [6.45, 7) is 0.819. The highest BCUT2D eigenvalue weighted by Gasteiger charge is 2.21. The molecule has 0 radical (unpaired) electrons. The molecule has 0 saturated carbocycles. The first kappa shape index (κ1) is 11.4. The van der Waals surface area contributed by atoms with Gasteiger partial charge in [0.15, 0.2) is 0 Å². The van der Waals surface area contributed by atoms with E-state index in [0.717, 1.165) is 11.3 Å². The molecule has 0 aromatic carbocycles. The van der Waals surface area contributed by atoms with Gasteiger partial charge in [-0.2, -0.15) is 0 Å². The lowest BCUT2D eigenvalue weighted by atomic mass is 10.1. The molecule has 0 aliphatic carbocycles. The van der Waals surface area contributed by atoms with Crippen molar-refractivity contribution in [3.63, 3.8) is 0 Å². The number of hydrogen-bond donors (Lipinski definition) is 1. The van der Waals surface area contributed by atoms with Crippen molar-refractivity contribution in [2.45, 2.75) is 12.8 Å². The zero-order valence-electron chi connectivity index (χ0n) is 8.28. The molecular formula is C9H9Cl2N3O2. The van der Waals surface area contributed by atoms with Crippen LogP contribution in [0.25, 0.3) is 0 Å². The number of nitrogens with zero attached hydrogens (tertiary/aromatic N) is 3. The van der Waals surface area contributed by atoms with Gasteiger partial charge in [0.25, 0.3) is 0 Å². The van der Waals surface area contributed by atoms with Crippen molar-refractivity contribution in [3.8, 4) is 0 Å². The van der Waals surface area contributed by atoms with Crippen molar-refractivity contribution >= 4 is 29.3 Å². The third kappa shape index (κ3) is 2.20. The molecule has 0 saturated heterocycles. The minimum atomic E-state index is -0.928. The number of carbonyl (C=O) groups is 1. The van der Waals surface area contributed by atoms with Crippen molar-refractivity contribution in [1.29, 1.82) is 0 Å². The van der Waals surface area contributed by atoms with Crippen LogP contribution in [0.4, 0.5) is 4.79 Å². The van der Waals surface area contributed by atoms with E-state index in [2.05, 4.69) is 9.97 Å². The normalized spacial score (nSPS) is 15.5. The minimum absolute atomic E-state index is 0.104. The van der Waals surface area contributed by atoms with Crippen LogP contribution in [0.1, 0.15) is 11.3 Å². The lowest BCUT2D eigenvalue weighted by Crippen LogP contribution is -2.31. The summed E-state index contributed by atoms with van der Waals surface area (Å²) in [6.07, 6.45) is 0.115. The van der Waals surface area contributed by atoms with Crippen molar-refractivity contribution in [2.75, 3.05) is 13.1 Å². The molecule has 0 bridgehead atoms. The molecule has 0 spiro atoms. The van der Waals surface area contributed by atoms with Crippen molar-refractivity contribution < 1.29 is 9.90 Å². The third-order valence-electron chi connectivity index (χ3n) is 2.54. The van der Waals surface area contributed by atoms with E-state index in [1.165, 1.54) is 4.90 Å². The Balaban J connectivity index is 2.30. The molecule has 1 aromatic heterocycles. The van der Waals surface area contributed by atoms with Gasteiger partial charge in [-0.1, -0.05) is 11.6 Å². The molecule has 5 nitrogen and oxygen atoms in total. The molecular weight excluding hydrogens is 253 g/mol. The third-order valence-corrected chi connectivity index (χ3v) is 3.02. The topological polar surface area (TPSA) is 66.3 Å². The fourth-order valence-electron chi connectivity index (χ4n) is 1.72. The lowest BCUT2D eigenvalue weighted by Gasteiger charge is -2.14. The number of rotatable bonds is 0. The lowest BCUT2D eigenvalue weighted by molar-refractivity contribution is 0.147. The van der Waals surface area contributed by atoms with E-state index in [1.54, 1.807) is 0 Å². The molecule has 2 heterocycles. The largest absolute Gasteiger partial charge is 0.465 e. The molecule has 86 valence electrons. The standard InChI is InChI=1S/C9H9Cl2N3O2/c10-7-5-1-3-14(9(15)16)4-2-6(5)12-8(11)13-7/h1-4H2,(H,15,16). The number of amides is 1. The van der Waals surface area contributed by atoms with E-state index in [0.29, 0.717) is 31.1 Å². The summed E-state index contributed by atoms with van der Waals surface area (Å²) < 4.78 is 0. The van der Waals surface area contributed by atoms with Crippen LogP contribution in [0.15, 0.2) is 0 Å². The molecule has 0 atom stereocenters. The van der Waals surface area contributed by atoms with Gasteiger partial charge >= 0.3 is 6.09 Å². The predicted octanol–water partition coefficient (Wildman–Crippen LogP) is 1.86. The number of fused-ring (bicyclic) bond motifs is 1. The fraction of sp³-hybridized carbons (Fsp3) is 0.444. The van der Waals surface area contributed by atoms with Gasteiger partial charge in [-0.15, -0.1) is 0 Å². The van der Waals surface area contributed by atoms with Crippen molar-refractivity contribution in [2.24, 2.45) is 0 Å². The SMILES string of the molecule is O=C(O)N1CCc2nc(Cl)nc(Cl)c2CC1. The summed E-state index contributed by atoms with van der Waals surface area (Å²) in [5, 5.41) is 9.32. The predicted molar refractivity (Wildman–Crippen MR) is 59.1 cm³/mol. The molecule has 16 heavy (non-hydrogen) atoms. The quantitative estimate of drug-likeness (QED) is 0.572. The summed E-state index contributed by atoms with van der Waals surface area (Å²) in [5.41, 5.74) is 1.54. The van der Waals surface area contributed by atoms with E-state index in [9.17, 15) is 4.79 Å². The Kier molecular flexibility index (Phi) is 3.16. The monoisotopic (exact) mass is 261 g/mol. The van der Waals surface area contributed by atoms with E-state index in [1.807, 2.05) is 0 Å². The highest BCUT2D eigenvalue weighted by atomic mass is 35.5. The molecule has 0 fully saturated rings. The first-order valence-corrected chi connectivity index (χ1v) is 5.52. The van der Waals surface area contributed by atoms with Crippen LogP contribution >= 0.6 is 23.2 Å². The first-order valence-electron chi connectivity index (χ1n) is 4.76. The first-order chi connectivity index (χ1) is 7.58. The van der Waals surface area contributed by atoms with Gasteiger partial charge < -0.3 is 10.0 Å². The Morgan fingerprint density at radius 1 is 1.25 bits per heavy atom. The van der Waals surface area contributed by atoms with Crippen LogP contribution in [-0.2, 0) is 12.8 Å². The number of carboxylic acid groups (broad SMARTS) is 1. The van der Waals surface area contributed by atoms with Gasteiger partial charge in [0, 0.05) is 25.1 Å². The molecule has 1 amide bonds. The maximum absolute atomic E-state index is 10.8. The Labute approximate surface area is 102 Å². The summed E-state index contributed by atoms with van der Waals surface area (Å²) in [6, 6.07) is 0. The second kappa shape index (κ2) is 4.43. The van der Waals surface area contributed by atoms with Crippen molar-refractivity contribution in [1.82, 2.24) is 14.9 Å². The molecule has 7 heteroatoms. The van der Waals surface area contributed by atoms with Crippen LogP contribution < -0.4 is 0 Å². The van der Waals surface area contributed by atoms with Gasteiger partial charge in [-0.3, -0.25) is 0 Å². The Bertz CT molecular complexity index is 439. The van der Waals surface area contributed by atoms with E-state index >= 15 is 0 Å². The smallest absolute Gasteiger partial charge is 0.407 e. The Morgan fingerprint density at radius 3 is 2.62 bits per heavy atom. The second-order valence-electron chi connectivity index (χ2n) is 3.48. The maximum Gasteiger partial charge on any atom is 0.407 e. The average Bonchev–Trinajstić information content (AvgIpc) is 2.39. The molecule has 1 aliphatic rings. The van der Waals surface area contributed by atoms with Crippen LogP contribution in [0, 0.1) is 0 Å². The summed E-state index contributed by atoms with van der Waals surface area (Å²) in [5.74, 6) is 0.